The van der Waals surface area contributed by atoms with E-state index in [2.05, 4.69) is 9.97 Å². The molecule has 2 aromatic heterocycles. The van der Waals surface area contributed by atoms with Crippen LogP contribution in [-0.2, 0) is 12.8 Å². The molecule has 0 atom stereocenters. The van der Waals surface area contributed by atoms with Crippen molar-refractivity contribution in [3.05, 3.63) is 52.2 Å². The van der Waals surface area contributed by atoms with Crippen LogP contribution in [0.1, 0.15) is 34.8 Å². The summed E-state index contributed by atoms with van der Waals surface area (Å²) in [5.41, 5.74) is 3.03. The van der Waals surface area contributed by atoms with E-state index in [1.54, 1.807) is 0 Å². The number of hydrogen-bond donors (Lipinski definition) is 1. The average Bonchev–Trinajstić information content (AvgIpc) is 3.04. The molecule has 0 aliphatic rings. The van der Waals surface area contributed by atoms with Gasteiger partial charge in [-0.1, -0.05) is 25.2 Å². The highest BCUT2D eigenvalue weighted by Gasteiger charge is 2.31. The lowest BCUT2D eigenvalue weighted by atomic mass is 10.2. The zero-order chi connectivity index (χ0) is 21.1. The summed E-state index contributed by atoms with van der Waals surface area (Å²) in [5.74, 6) is -4.14. The number of alkyl halides is 3. The molecular weight excluding hydrogens is 405 g/mol. The Morgan fingerprint density at radius 2 is 1.93 bits per heavy atom. The van der Waals surface area contributed by atoms with E-state index >= 15 is 0 Å². The SMILES string of the molecule is CC.NC(=O)c1c(F)ccc(OCc2nc3cc(C(F)(F)F)cnc3s2)c1F. The van der Waals surface area contributed by atoms with Crippen LogP contribution in [0, 0.1) is 11.6 Å². The molecule has 0 saturated carbocycles. The predicted molar refractivity (Wildman–Crippen MR) is 93.0 cm³/mol. The number of pyridine rings is 1. The number of carbonyl (C=O) groups is 1. The van der Waals surface area contributed by atoms with Gasteiger partial charge in [0.05, 0.1) is 5.56 Å². The molecule has 3 rings (SSSR count). The molecule has 0 saturated heterocycles. The van der Waals surface area contributed by atoms with E-state index in [9.17, 15) is 26.7 Å². The van der Waals surface area contributed by atoms with Gasteiger partial charge < -0.3 is 10.5 Å². The van der Waals surface area contributed by atoms with Gasteiger partial charge in [-0.25, -0.2) is 18.7 Å². The van der Waals surface area contributed by atoms with Crippen molar-refractivity contribution in [2.75, 3.05) is 0 Å². The molecule has 3 aromatic rings. The first-order valence-electron chi connectivity index (χ1n) is 7.90. The van der Waals surface area contributed by atoms with Crippen LogP contribution in [0.15, 0.2) is 24.4 Å². The van der Waals surface area contributed by atoms with Gasteiger partial charge in [0, 0.05) is 6.20 Å². The maximum absolute atomic E-state index is 14.1. The molecule has 28 heavy (non-hydrogen) atoms. The van der Waals surface area contributed by atoms with Crippen LogP contribution < -0.4 is 10.5 Å². The second-order valence-corrected chi connectivity index (χ2v) is 6.10. The molecule has 1 amide bonds. The normalized spacial score (nSPS) is 11.1. The van der Waals surface area contributed by atoms with Crippen LogP contribution in [0.4, 0.5) is 22.0 Å². The summed E-state index contributed by atoms with van der Waals surface area (Å²) in [7, 11) is 0. The minimum atomic E-state index is -4.55. The van der Waals surface area contributed by atoms with E-state index in [-0.39, 0.29) is 22.0 Å². The van der Waals surface area contributed by atoms with Crippen molar-refractivity contribution in [3.8, 4) is 5.75 Å². The maximum atomic E-state index is 14.1. The van der Waals surface area contributed by atoms with E-state index in [1.165, 1.54) is 0 Å². The van der Waals surface area contributed by atoms with Crippen molar-refractivity contribution < 1.29 is 31.5 Å². The quantitative estimate of drug-likeness (QED) is 0.623. The number of benzene rings is 1. The Kier molecular flexibility index (Phi) is 6.49. The number of hydrogen-bond acceptors (Lipinski definition) is 5. The lowest BCUT2D eigenvalue weighted by Crippen LogP contribution is -2.16. The number of amides is 1. The van der Waals surface area contributed by atoms with E-state index < -0.39 is 40.6 Å². The third-order valence-electron chi connectivity index (χ3n) is 3.27. The number of halogens is 5. The van der Waals surface area contributed by atoms with Gasteiger partial charge in [0.15, 0.2) is 11.6 Å². The fraction of sp³-hybridized carbons (Fsp3) is 0.235. The molecule has 0 aliphatic carbocycles. The first kappa shape index (κ1) is 21.5. The number of nitrogens with zero attached hydrogens (tertiary/aromatic N) is 2. The number of carbonyl (C=O) groups excluding carboxylic acids is 1. The molecule has 11 heteroatoms. The van der Waals surface area contributed by atoms with E-state index in [0.29, 0.717) is 6.20 Å². The molecule has 0 spiro atoms. The monoisotopic (exact) mass is 419 g/mol. The van der Waals surface area contributed by atoms with Gasteiger partial charge in [-0.3, -0.25) is 4.79 Å². The molecule has 2 N–H and O–H groups in total. The standard InChI is InChI=1S/C15H8F5N3O2S.C2H6/c16-7-1-2-9(12(17)11(7)13(21)24)25-5-10-23-8-3-6(15(18,19)20)4-22-14(8)26-10;1-2/h1-4H,5H2,(H2,21,24);1-2H3. The Bertz CT molecular complexity index is 1000. The van der Waals surface area contributed by atoms with Crippen molar-refractivity contribution in [1.82, 2.24) is 9.97 Å². The fourth-order valence-corrected chi connectivity index (χ4v) is 2.89. The lowest BCUT2D eigenvalue weighted by molar-refractivity contribution is -0.137. The highest BCUT2D eigenvalue weighted by Crippen LogP contribution is 2.32. The van der Waals surface area contributed by atoms with Gasteiger partial charge in [0.1, 0.15) is 33.3 Å². The molecule has 1 aromatic carbocycles. The summed E-state index contributed by atoms with van der Waals surface area (Å²) in [6.45, 7) is 3.68. The molecule has 5 nitrogen and oxygen atoms in total. The van der Waals surface area contributed by atoms with Crippen molar-refractivity contribution in [3.63, 3.8) is 0 Å². The molecule has 0 aliphatic heterocycles. The minimum absolute atomic E-state index is 0.0147. The Hall–Kier alpha value is -2.82. The summed E-state index contributed by atoms with van der Waals surface area (Å²) in [6, 6.07) is 2.62. The van der Waals surface area contributed by atoms with Crippen LogP contribution in [0.3, 0.4) is 0 Å². The van der Waals surface area contributed by atoms with E-state index in [0.717, 1.165) is 29.5 Å². The molecule has 0 fully saturated rings. The summed E-state index contributed by atoms with van der Waals surface area (Å²) in [6.07, 6.45) is -3.87. The Morgan fingerprint density at radius 3 is 2.54 bits per heavy atom. The second kappa shape index (κ2) is 8.46. The molecule has 150 valence electrons. The zero-order valence-electron chi connectivity index (χ0n) is 14.6. The summed E-state index contributed by atoms with van der Waals surface area (Å²) >= 11 is 0.953. The molecule has 0 bridgehead atoms. The molecule has 2 heterocycles. The smallest absolute Gasteiger partial charge is 0.417 e. The maximum Gasteiger partial charge on any atom is 0.417 e. The number of aromatic nitrogens is 2. The fourth-order valence-electron chi connectivity index (χ4n) is 2.10. The number of nitrogens with two attached hydrogens (primary N) is 1. The largest absolute Gasteiger partial charge is 0.483 e. The Balaban J connectivity index is 0.00000136. The van der Waals surface area contributed by atoms with Gasteiger partial charge >= 0.3 is 6.18 Å². The zero-order valence-corrected chi connectivity index (χ0v) is 15.4. The third-order valence-corrected chi connectivity index (χ3v) is 4.23. The molecule has 0 radical (unpaired) electrons. The number of thiazole rings is 1. The average molecular weight is 419 g/mol. The van der Waals surface area contributed by atoms with Gasteiger partial charge in [0.2, 0.25) is 0 Å². The van der Waals surface area contributed by atoms with Crippen molar-refractivity contribution in [2.45, 2.75) is 26.6 Å². The first-order valence-corrected chi connectivity index (χ1v) is 8.71. The summed E-state index contributed by atoms with van der Waals surface area (Å²) in [5, 5.41) is 0.219. The number of ether oxygens (including phenoxy) is 1. The predicted octanol–water partition coefficient (Wildman–Crippen LogP) is 4.69. The topological polar surface area (TPSA) is 78.1 Å². The number of rotatable bonds is 4. The van der Waals surface area contributed by atoms with Crippen LogP contribution in [0.2, 0.25) is 0 Å². The second-order valence-electron chi connectivity index (χ2n) is 5.04. The lowest BCUT2D eigenvalue weighted by Gasteiger charge is -2.08. The van der Waals surface area contributed by atoms with Gasteiger partial charge in [0.25, 0.3) is 5.91 Å². The van der Waals surface area contributed by atoms with Crippen LogP contribution in [0.5, 0.6) is 5.75 Å². The van der Waals surface area contributed by atoms with E-state index in [4.69, 9.17) is 10.5 Å². The van der Waals surface area contributed by atoms with Gasteiger partial charge in [-0.2, -0.15) is 13.2 Å². The molecular formula is C17H14F5N3O2S. The third kappa shape index (κ3) is 4.53. The highest BCUT2D eigenvalue weighted by molar-refractivity contribution is 7.18. The first-order chi connectivity index (χ1) is 13.2. The van der Waals surface area contributed by atoms with Gasteiger partial charge in [-0.15, -0.1) is 0 Å². The summed E-state index contributed by atoms with van der Waals surface area (Å²) in [4.78, 5) is 19.0. The highest BCUT2D eigenvalue weighted by atomic mass is 32.1. The van der Waals surface area contributed by atoms with Crippen molar-refractivity contribution in [2.24, 2.45) is 5.73 Å². The van der Waals surface area contributed by atoms with E-state index in [1.807, 2.05) is 13.8 Å². The van der Waals surface area contributed by atoms with Crippen LogP contribution in [0.25, 0.3) is 10.3 Å². The Labute approximate surface area is 160 Å². The number of fused-ring (bicyclic) bond motifs is 1. The van der Waals surface area contributed by atoms with Crippen molar-refractivity contribution >= 4 is 27.6 Å². The minimum Gasteiger partial charge on any atom is -0.483 e. The van der Waals surface area contributed by atoms with Crippen molar-refractivity contribution in [1.29, 1.82) is 0 Å². The Morgan fingerprint density at radius 1 is 1.25 bits per heavy atom. The summed E-state index contributed by atoms with van der Waals surface area (Å²) < 4.78 is 70.6. The van der Waals surface area contributed by atoms with Crippen LogP contribution >= 0.6 is 11.3 Å². The number of primary amides is 1. The van der Waals surface area contributed by atoms with Gasteiger partial charge in [-0.05, 0) is 18.2 Å². The van der Waals surface area contributed by atoms with Crippen LogP contribution in [-0.4, -0.2) is 15.9 Å². The molecule has 0 unspecified atom stereocenters.